The molecule has 0 N–H and O–H groups in total. The van der Waals surface area contributed by atoms with Gasteiger partial charge in [0.05, 0.1) is 18.2 Å². The van der Waals surface area contributed by atoms with E-state index in [1.54, 1.807) is 6.26 Å². The average molecular weight is 286 g/mol. The van der Waals surface area contributed by atoms with Crippen LogP contribution >= 0.6 is 23.2 Å². The van der Waals surface area contributed by atoms with Gasteiger partial charge in [0.15, 0.2) is 0 Å². The van der Waals surface area contributed by atoms with Gasteiger partial charge in [-0.3, -0.25) is 0 Å². The van der Waals surface area contributed by atoms with Gasteiger partial charge < -0.3 is 9.15 Å². The predicted octanol–water partition coefficient (Wildman–Crippen LogP) is 4.09. The number of benzene rings is 1. The molecule has 0 aliphatic heterocycles. The first-order valence-electron chi connectivity index (χ1n) is 5.63. The topological polar surface area (TPSA) is 35.3 Å². The Morgan fingerprint density at radius 2 is 2.17 bits per heavy atom. The third kappa shape index (κ3) is 3.40. The second-order valence-electron chi connectivity index (χ2n) is 3.70. The number of oxazole rings is 1. The van der Waals surface area contributed by atoms with E-state index in [0.717, 1.165) is 23.4 Å². The summed E-state index contributed by atoms with van der Waals surface area (Å²) in [4.78, 5) is 4.26. The first-order valence-corrected chi connectivity index (χ1v) is 6.70. The number of aromatic nitrogens is 1. The van der Waals surface area contributed by atoms with Crippen molar-refractivity contribution < 1.29 is 9.15 Å². The van der Waals surface area contributed by atoms with E-state index in [0.29, 0.717) is 24.3 Å². The van der Waals surface area contributed by atoms with Crippen molar-refractivity contribution in [1.29, 1.82) is 0 Å². The normalized spacial score (nSPS) is 10.6. The first-order chi connectivity index (χ1) is 8.83. The zero-order chi connectivity index (χ0) is 12.8. The molecule has 1 heterocycles. The minimum atomic E-state index is 0.343. The third-order valence-electron chi connectivity index (χ3n) is 2.32. The van der Waals surface area contributed by atoms with E-state index >= 15 is 0 Å². The lowest BCUT2D eigenvalue weighted by Crippen LogP contribution is -1.97. The van der Waals surface area contributed by atoms with Crippen LogP contribution in [0.4, 0.5) is 0 Å². The molecular formula is C13H13Cl2NO2. The largest absolute Gasteiger partial charge is 0.494 e. The molecule has 0 saturated carbocycles. The van der Waals surface area contributed by atoms with Crippen molar-refractivity contribution in [2.45, 2.75) is 12.3 Å². The Kier molecular flexibility index (Phi) is 4.90. The van der Waals surface area contributed by atoms with Gasteiger partial charge in [-0.1, -0.05) is 6.07 Å². The molecule has 5 heteroatoms. The summed E-state index contributed by atoms with van der Waals surface area (Å²) in [6, 6.07) is 7.59. The van der Waals surface area contributed by atoms with E-state index < -0.39 is 0 Å². The van der Waals surface area contributed by atoms with Gasteiger partial charge in [0.1, 0.15) is 12.0 Å². The molecule has 1 aromatic carbocycles. The van der Waals surface area contributed by atoms with Crippen LogP contribution in [0.25, 0.3) is 11.5 Å². The molecule has 0 spiro atoms. The second-order valence-corrected chi connectivity index (χ2v) is 4.34. The Labute approximate surface area is 116 Å². The van der Waals surface area contributed by atoms with Gasteiger partial charge in [0.2, 0.25) is 5.89 Å². The van der Waals surface area contributed by atoms with E-state index in [-0.39, 0.29) is 0 Å². The van der Waals surface area contributed by atoms with Gasteiger partial charge in [0, 0.05) is 11.4 Å². The molecule has 3 nitrogen and oxygen atoms in total. The highest BCUT2D eigenvalue weighted by Gasteiger charge is 2.07. The summed E-state index contributed by atoms with van der Waals surface area (Å²) >= 11 is 11.3. The number of hydrogen-bond donors (Lipinski definition) is 0. The fourth-order valence-electron chi connectivity index (χ4n) is 1.46. The molecule has 18 heavy (non-hydrogen) atoms. The maximum Gasteiger partial charge on any atom is 0.226 e. The second kappa shape index (κ2) is 6.66. The maximum atomic E-state index is 5.68. The summed E-state index contributed by atoms with van der Waals surface area (Å²) in [5, 5.41) is 0. The average Bonchev–Trinajstić information content (AvgIpc) is 2.88. The lowest BCUT2D eigenvalue weighted by atomic mass is 10.2. The third-order valence-corrected chi connectivity index (χ3v) is 2.86. The number of rotatable bonds is 6. The monoisotopic (exact) mass is 285 g/mol. The maximum absolute atomic E-state index is 5.68. The molecule has 0 unspecified atom stereocenters. The molecular weight excluding hydrogens is 273 g/mol. The molecule has 0 amide bonds. The summed E-state index contributed by atoms with van der Waals surface area (Å²) in [7, 11) is 0. The van der Waals surface area contributed by atoms with E-state index in [2.05, 4.69) is 4.98 Å². The van der Waals surface area contributed by atoms with Crippen LogP contribution in [0.1, 0.15) is 12.1 Å². The number of nitrogens with zero attached hydrogens (tertiary/aromatic N) is 1. The number of ether oxygens (including phenoxy) is 1. The van der Waals surface area contributed by atoms with Gasteiger partial charge >= 0.3 is 0 Å². The fraction of sp³-hybridized carbons (Fsp3) is 0.308. The Morgan fingerprint density at radius 1 is 1.28 bits per heavy atom. The zero-order valence-electron chi connectivity index (χ0n) is 9.73. The van der Waals surface area contributed by atoms with E-state index in [9.17, 15) is 0 Å². The van der Waals surface area contributed by atoms with E-state index in [1.807, 2.05) is 24.3 Å². The van der Waals surface area contributed by atoms with Crippen LogP contribution in [-0.4, -0.2) is 17.5 Å². The summed E-state index contributed by atoms with van der Waals surface area (Å²) in [5.74, 6) is 2.27. The van der Waals surface area contributed by atoms with Gasteiger partial charge in [-0.05, 0) is 24.6 Å². The molecule has 1 aromatic heterocycles. The van der Waals surface area contributed by atoms with Crippen LogP contribution in [-0.2, 0) is 5.88 Å². The van der Waals surface area contributed by atoms with Gasteiger partial charge in [0.25, 0.3) is 0 Å². The van der Waals surface area contributed by atoms with Crippen molar-refractivity contribution in [3.8, 4) is 17.2 Å². The lowest BCUT2D eigenvalue weighted by Gasteiger charge is -2.05. The van der Waals surface area contributed by atoms with Crippen LogP contribution in [0.2, 0.25) is 0 Å². The molecule has 0 atom stereocenters. The predicted molar refractivity (Wildman–Crippen MR) is 72.3 cm³/mol. The number of hydrogen-bond acceptors (Lipinski definition) is 3. The summed E-state index contributed by atoms with van der Waals surface area (Å²) in [5.41, 5.74) is 1.59. The zero-order valence-corrected chi connectivity index (χ0v) is 11.2. The highest BCUT2D eigenvalue weighted by Crippen LogP contribution is 2.23. The van der Waals surface area contributed by atoms with E-state index in [4.69, 9.17) is 32.4 Å². The fourth-order valence-corrected chi connectivity index (χ4v) is 1.70. The Hall–Kier alpha value is -1.19. The minimum Gasteiger partial charge on any atom is -0.494 e. The molecule has 0 radical (unpaired) electrons. The summed E-state index contributed by atoms with van der Waals surface area (Å²) in [6.07, 6.45) is 2.38. The van der Waals surface area contributed by atoms with Crippen molar-refractivity contribution >= 4 is 23.2 Å². The smallest absolute Gasteiger partial charge is 0.226 e. The van der Waals surface area contributed by atoms with Crippen molar-refractivity contribution in [3.63, 3.8) is 0 Å². The van der Waals surface area contributed by atoms with Crippen molar-refractivity contribution in [2.24, 2.45) is 0 Å². The number of alkyl halides is 2. The highest BCUT2D eigenvalue weighted by atomic mass is 35.5. The summed E-state index contributed by atoms with van der Waals surface area (Å²) in [6.45, 7) is 0.603. The molecule has 2 rings (SSSR count). The molecule has 0 bridgehead atoms. The van der Waals surface area contributed by atoms with Crippen molar-refractivity contribution in [1.82, 2.24) is 4.98 Å². The van der Waals surface area contributed by atoms with Gasteiger partial charge in [-0.15, -0.1) is 23.2 Å². The quantitative estimate of drug-likeness (QED) is 0.592. The molecule has 96 valence electrons. The van der Waals surface area contributed by atoms with Crippen LogP contribution in [0.3, 0.4) is 0 Å². The van der Waals surface area contributed by atoms with Crippen molar-refractivity contribution in [2.75, 3.05) is 12.5 Å². The Balaban J connectivity index is 2.11. The molecule has 2 aromatic rings. The van der Waals surface area contributed by atoms with Crippen molar-refractivity contribution in [3.05, 3.63) is 36.2 Å². The molecule has 0 fully saturated rings. The Bertz CT molecular complexity index is 499. The Morgan fingerprint density at radius 3 is 2.89 bits per heavy atom. The molecule has 0 aliphatic carbocycles. The van der Waals surface area contributed by atoms with Gasteiger partial charge in [-0.25, -0.2) is 4.98 Å². The van der Waals surface area contributed by atoms with Crippen LogP contribution in [0.15, 0.2) is 34.9 Å². The van der Waals surface area contributed by atoms with Gasteiger partial charge in [-0.2, -0.15) is 0 Å². The van der Waals surface area contributed by atoms with Crippen LogP contribution in [0, 0.1) is 0 Å². The molecule has 0 aliphatic rings. The first kappa shape index (κ1) is 13.2. The molecule has 0 saturated heterocycles. The summed E-state index contributed by atoms with van der Waals surface area (Å²) < 4.78 is 10.9. The standard InChI is InChI=1S/C13H13Cl2NO2/c14-5-2-6-17-12-4-1-3-10(7-12)13-16-11(8-15)9-18-13/h1,3-4,7,9H,2,5-6,8H2. The lowest BCUT2D eigenvalue weighted by molar-refractivity contribution is 0.318. The number of halogens is 2. The van der Waals surface area contributed by atoms with Crippen LogP contribution in [0.5, 0.6) is 5.75 Å². The SMILES string of the molecule is ClCCCOc1cccc(-c2nc(CCl)co2)c1. The highest BCUT2D eigenvalue weighted by molar-refractivity contribution is 6.17. The van der Waals surface area contributed by atoms with Crippen LogP contribution < -0.4 is 4.74 Å². The minimum absolute atomic E-state index is 0.343. The van der Waals surface area contributed by atoms with E-state index in [1.165, 1.54) is 0 Å².